The fraction of sp³-hybridized carbons (Fsp3) is 0.667. The number of benzene rings is 1. The van der Waals surface area contributed by atoms with Crippen LogP contribution in [0.2, 0.25) is 0 Å². The molecule has 3 heteroatoms. The molecule has 1 nitrogen and oxygen atoms in total. The second-order valence-electron chi connectivity index (χ2n) is 6.27. The summed E-state index contributed by atoms with van der Waals surface area (Å²) in [6, 6.07) is 5.22. The smallest absolute Gasteiger partial charge is 0.156 e. The van der Waals surface area contributed by atoms with Gasteiger partial charge >= 0.3 is 0 Å². The van der Waals surface area contributed by atoms with Gasteiger partial charge in [-0.05, 0) is 49.3 Å². The van der Waals surface area contributed by atoms with E-state index in [0.717, 1.165) is 24.0 Å². The van der Waals surface area contributed by atoms with E-state index in [1.807, 2.05) is 13.0 Å². The Morgan fingerprint density at radius 3 is 2.29 bits per heavy atom. The van der Waals surface area contributed by atoms with Gasteiger partial charge in [-0.1, -0.05) is 44.9 Å². The van der Waals surface area contributed by atoms with Crippen molar-refractivity contribution in [2.45, 2.75) is 71.8 Å². The number of halogens is 2. The predicted molar refractivity (Wildman–Crippen MR) is 85.8 cm³/mol. The van der Waals surface area contributed by atoms with Gasteiger partial charge in [0, 0.05) is 6.04 Å². The van der Waals surface area contributed by atoms with Crippen molar-refractivity contribution in [3.63, 3.8) is 0 Å². The van der Waals surface area contributed by atoms with E-state index in [0.29, 0.717) is 11.5 Å². The largest absolute Gasteiger partial charge is 0.324 e. The quantitative estimate of drug-likeness (QED) is 0.666. The van der Waals surface area contributed by atoms with Gasteiger partial charge in [-0.3, -0.25) is 0 Å². The molecule has 1 aromatic carbocycles. The highest BCUT2D eigenvalue weighted by molar-refractivity contribution is 5.34. The molecule has 0 aliphatic carbocycles. The van der Waals surface area contributed by atoms with E-state index in [1.165, 1.54) is 19.8 Å². The van der Waals surface area contributed by atoms with Crippen LogP contribution in [0.5, 0.6) is 0 Å². The molecule has 0 aliphatic rings. The molecule has 4 atom stereocenters. The maximum atomic E-state index is 13.7. The van der Waals surface area contributed by atoms with Crippen molar-refractivity contribution in [3.8, 4) is 0 Å². The Bertz CT molecular complexity index is 431. The number of hydrogen-bond acceptors (Lipinski definition) is 1. The predicted octanol–water partition coefficient (Wildman–Crippen LogP) is 5.58. The minimum Gasteiger partial charge on any atom is -0.324 e. The lowest BCUT2D eigenvalue weighted by Gasteiger charge is -2.19. The second kappa shape index (κ2) is 8.47. The van der Waals surface area contributed by atoms with Crippen molar-refractivity contribution in [2.24, 2.45) is 11.7 Å². The van der Waals surface area contributed by atoms with E-state index in [9.17, 15) is 8.78 Å². The Kier molecular flexibility index (Phi) is 7.30. The highest BCUT2D eigenvalue weighted by Crippen LogP contribution is 2.29. The first-order chi connectivity index (χ1) is 9.86. The van der Waals surface area contributed by atoms with Crippen molar-refractivity contribution in [1.29, 1.82) is 0 Å². The van der Waals surface area contributed by atoms with Gasteiger partial charge in [0.2, 0.25) is 0 Å². The second-order valence-corrected chi connectivity index (χ2v) is 6.27. The Hall–Kier alpha value is -0.960. The number of aryl methyl sites for hydroxylation is 1. The van der Waals surface area contributed by atoms with Gasteiger partial charge in [0.1, 0.15) is 6.17 Å². The molecule has 1 rings (SSSR count). The van der Waals surface area contributed by atoms with Crippen LogP contribution in [0.25, 0.3) is 0 Å². The molecule has 0 spiro atoms. The summed E-state index contributed by atoms with van der Waals surface area (Å²) < 4.78 is 26.8. The summed E-state index contributed by atoms with van der Waals surface area (Å²) in [6.45, 7) is 7.61. The van der Waals surface area contributed by atoms with Crippen molar-refractivity contribution in [3.05, 3.63) is 34.9 Å². The molecule has 21 heavy (non-hydrogen) atoms. The Morgan fingerprint density at radius 1 is 1.10 bits per heavy atom. The topological polar surface area (TPSA) is 26.0 Å². The van der Waals surface area contributed by atoms with E-state index in [2.05, 4.69) is 13.8 Å². The molecule has 0 amide bonds. The maximum absolute atomic E-state index is 13.7. The molecule has 0 radical (unpaired) electrons. The molecule has 0 fully saturated rings. The van der Waals surface area contributed by atoms with E-state index in [4.69, 9.17) is 5.73 Å². The molecule has 0 aromatic heterocycles. The van der Waals surface area contributed by atoms with Crippen molar-refractivity contribution in [1.82, 2.24) is 0 Å². The molecule has 120 valence electrons. The lowest BCUT2D eigenvalue weighted by Crippen LogP contribution is -2.14. The summed E-state index contributed by atoms with van der Waals surface area (Å²) in [5.74, 6) is 0.684. The fourth-order valence-corrected chi connectivity index (χ4v) is 2.81. The molecule has 0 saturated carbocycles. The van der Waals surface area contributed by atoms with Crippen LogP contribution in [0.15, 0.2) is 18.2 Å². The molecular formula is C18H29F2N. The molecule has 1 aromatic rings. The van der Waals surface area contributed by atoms with Crippen LogP contribution in [-0.2, 0) is 0 Å². The van der Waals surface area contributed by atoms with Crippen LogP contribution >= 0.6 is 0 Å². The Labute approximate surface area is 127 Å². The average Bonchev–Trinajstić information content (AvgIpc) is 2.44. The molecular weight excluding hydrogens is 268 g/mol. The lowest BCUT2D eigenvalue weighted by molar-refractivity contribution is 0.185. The van der Waals surface area contributed by atoms with E-state index >= 15 is 0 Å². The average molecular weight is 297 g/mol. The number of alkyl halides is 2. The summed E-state index contributed by atoms with van der Waals surface area (Å²) >= 11 is 0. The van der Waals surface area contributed by atoms with Crippen LogP contribution in [0.3, 0.4) is 0 Å². The van der Waals surface area contributed by atoms with Gasteiger partial charge in [0.25, 0.3) is 0 Å². The molecule has 0 aliphatic heterocycles. The van der Waals surface area contributed by atoms with E-state index in [-0.39, 0.29) is 6.04 Å². The number of nitrogens with two attached hydrogens (primary N) is 1. The number of hydrogen-bond donors (Lipinski definition) is 1. The fourth-order valence-electron chi connectivity index (χ4n) is 2.81. The van der Waals surface area contributed by atoms with E-state index in [1.54, 1.807) is 12.1 Å². The zero-order valence-electron chi connectivity index (χ0n) is 13.7. The molecule has 2 N–H and O–H groups in total. The third kappa shape index (κ3) is 5.39. The van der Waals surface area contributed by atoms with Gasteiger partial charge in [0.05, 0.1) is 0 Å². The summed E-state index contributed by atoms with van der Waals surface area (Å²) in [4.78, 5) is 0. The SMILES string of the molecule is CCCC(C)CC[C@@H](N)c1ccc(C(F)C(C)F)cc1C. The zero-order valence-corrected chi connectivity index (χ0v) is 13.7. The van der Waals surface area contributed by atoms with E-state index < -0.39 is 12.3 Å². The first kappa shape index (κ1) is 18.1. The van der Waals surface area contributed by atoms with Crippen LogP contribution in [0.1, 0.15) is 75.4 Å². The maximum Gasteiger partial charge on any atom is 0.156 e. The third-order valence-corrected chi connectivity index (χ3v) is 4.17. The highest BCUT2D eigenvalue weighted by Gasteiger charge is 2.19. The van der Waals surface area contributed by atoms with Crippen molar-refractivity contribution >= 4 is 0 Å². The zero-order chi connectivity index (χ0) is 16.0. The Morgan fingerprint density at radius 2 is 1.76 bits per heavy atom. The lowest BCUT2D eigenvalue weighted by atomic mass is 9.91. The van der Waals surface area contributed by atoms with Gasteiger partial charge in [-0.2, -0.15) is 0 Å². The standard InChI is InChI=1S/C18H29F2N/c1-5-6-12(2)7-10-17(21)16-9-8-15(11-13(16)3)18(20)14(4)19/h8-9,11-12,14,17-18H,5-7,10,21H2,1-4H3/t12?,14?,17-,18?/m1/s1. The van der Waals surface area contributed by atoms with Crippen LogP contribution in [-0.4, -0.2) is 6.17 Å². The Balaban J connectivity index is 2.71. The number of rotatable bonds is 8. The van der Waals surface area contributed by atoms with Crippen LogP contribution in [0, 0.1) is 12.8 Å². The van der Waals surface area contributed by atoms with Crippen molar-refractivity contribution < 1.29 is 8.78 Å². The van der Waals surface area contributed by atoms with Crippen LogP contribution in [0.4, 0.5) is 8.78 Å². The van der Waals surface area contributed by atoms with Crippen molar-refractivity contribution in [2.75, 3.05) is 0 Å². The summed E-state index contributed by atoms with van der Waals surface area (Å²) in [5, 5.41) is 0. The minimum absolute atomic E-state index is 0.0285. The molecule has 3 unspecified atom stereocenters. The first-order valence-electron chi connectivity index (χ1n) is 8.01. The molecule has 0 bridgehead atoms. The third-order valence-electron chi connectivity index (χ3n) is 4.17. The van der Waals surface area contributed by atoms with Gasteiger partial charge in [-0.15, -0.1) is 0 Å². The highest BCUT2D eigenvalue weighted by atomic mass is 19.2. The van der Waals surface area contributed by atoms with Gasteiger partial charge < -0.3 is 5.73 Å². The first-order valence-corrected chi connectivity index (χ1v) is 8.01. The molecule has 0 saturated heterocycles. The van der Waals surface area contributed by atoms with Crippen LogP contribution < -0.4 is 5.73 Å². The van der Waals surface area contributed by atoms with Gasteiger partial charge in [0.15, 0.2) is 6.17 Å². The summed E-state index contributed by atoms with van der Waals surface area (Å²) in [5.41, 5.74) is 8.65. The summed E-state index contributed by atoms with van der Waals surface area (Å²) in [6.07, 6.45) is 1.41. The molecule has 0 heterocycles. The summed E-state index contributed by atoms with van der Waals surface area (Å²) in [7, 11) is 0. The monoisotopic (exact) mass is 297 g/mol. The van der Waals surface area contributed by atoms with Gasteiger partial charge in [-0.25, -0.2) is 8.78 Å². The minimum atomic E-state index is -1.56. The normalized spacial score (nSPS) is 17.3.